The van der Waals surface area contributed by atoms with Gasteiger partial charge in [-0.05, 0) is 55.7 Å². The molecule has 2 aliphatic carbocycles. The monoisotopic (exact) mass is 286 g/mol. The van der Waals surface area contributed by atoms with Crippen LogP contribution >= 0.6 is 0 Å². The molecule has 0 aromatic heterocycles. The van der Waals surface area contributed by atoms with E-state index in [2.05, 4.69) is 10.5 Å². The summed E-state index contributed by atoms with van der Waals surface area (Å²) in [6, 6.07) is 6.33. The van der Waals surface area contributed by atoms with Gasteiger partial charge in [0.05, 0.1) is 0 Å². The van der Waals surface area contributed by atoms with Crippen LogP contribution in [0.2, 0.25) is 0 Å². The summed E-state index contributed by atoms with van der Waals surface area (Å²) in [5, 5.41) is 13.7. The minimum absolute atomic E-state index is 0.0954. The van der Waals surface area contributed by atoms with Crippen LogP contribution < -0.4 is 5.43 Å². The van der Waals surface area contributed by atoms with Gasteiger partial charge in [0.15, 0.2) is 0 Å². The second kappa shape index (κ2) is 6.29. The Morgan fingerprint density at radius 1 is 1.19 bits per heavy atom. The number of hydrogen-bond acceptors (Lipinski definition) is 3. The highest BCUT2D eigenvalue weighted by molar-refractivity contribution is 5.95. The van der Waals surface area contributed by atoms with Crippen molar-refractivity contribution in [3.05, 3.63) is 29.8 Å². The summed E-state index contributed by atoms with van der Waals surface area (Å²) < 4.78 is 0. The zero-order valence-corrected chi connectivity index (χ0v) is 12.2. The standard InChI is InChI=1S/C17H22N2O2/c20-16-7-3-6-14(11-16)17(21)19-18-15-9-8-12-4-1-2-5-13(12)10-15/h3,6-7,11-13,20H,1-2,4-5,8-10H2,(H,19,21)/b18-15-/t12-,13-/m1/s1. The fourth-order valence-corrected chi connectivity index (χ4v) is 3.63. The zero-order chi connectivity index (χ0) is 14.7. The number of carbonyl (C=O) groups excluding carboxylic acids is 1. The second-order valence-electron chi connectivity index (χ2n) is 6.22. The van der Waals surface area contributed by atoms with E-state index in [-0.39, 0.29) is 11.7 Å². The summed E-state index contributed by atoms with van der Waals surface area (Å²) in [4.78, 5) is 12.0. The molecule has 0 spiro atoms. The Balaban J connectivity index is 1.60. The van der Waals surface area contributed by atoms with Crippen molar-refractivity contribution in [2.45, 2.75) is 44.9 Å². The summed E-state index contributed by atoms with van der Waals surface area (Å²) in [7, 11) is 0. The molecule has 4 heteroatoms. The van der Waals surface area contributed by atoms with Crippen LogP contribution in [-0.2, 0) is 0 Å². The number of hydrogen-bond donors (Lipinski definition) is 2. The second-order valence-corrected chi connectivity index (χ2v) is 6.22. The lowest BCUT2D eigenvalue weighted by molar-refractivity contribution is 0.0953. The molecular formula is C17H22N2O2. The van der Waals surface area contributed by atoms with E-state index in [0.29, 0.717) is 5.56 Å². The van der Waals surface area contributed by atoms with Gasteiger partial charge in [-0.25, -0.2) is 5.43 Å². The quantitative estimate of drug-likeness (QED) is 0.818. The Hall–Kier alpha value is -1.84. The lowest BCUT2D eigenvalue weighted by Crippen LogP contribution is -2.29. The number of carbonyl (C=O) groups is 1. The molecule has 0 unspecified atom stereocenters. The van der Waals surface area contributed by atoms with E-state index in [1.54, 1.807) is 18.2 Å². The van der Waals surface area contributed by atoms with E-state index in [4.69, 9.17) is 0 Å². The highest BCUT2D eigenvalue weighted by Gasteiger charge is 2.30. The summed E-state index contributed by atoms with van der Waals surface area (Å²) in [5.74, 6) is 1.48. The smallest absolute Gasteiger partial charge is 0.271 e. The van der Waals surface area contributed by atoms with E-state index in [1.165, 1.54) is 38.2 Å². The predicted molar refractivity (Wildman–Crippen MR) is 82.3 cm³/mol. The van der Waals surface area contributed by atoms with Gasteiger partial charge in [0.2, 0.25) is 0 Å². The molecule has 2 aliphatic rings. The molecule has 2 atom stereocenters. The maximum atomic E-state index is 12.0. The Morgan fingerprint density at radius 2 is 2.00 bits per heavy atom. The number of phenols is 1. The Morgan fingerprint density at radius 3 is 2.81 bits per heavy atom. The van der Waals surface area contributed by atoms with Gasteiger partial charge in [0.1, 0.15) is 5.75 Å². The van der Waals surface area contributed by atoms with Gasteiger partial charge in [0.25, 0.3) is 5.91 Å². The van der Waals surface area contributed by atoms with Crippen LogP contribution in [0.5, 0.6) is 5.75 Å². The van der Waals surface area contributed by atoms with Crippen molar-refractivity contribution in [2.75, 3.05) is 0 Å². The van der Waals surface area contributed by atoms with Gasteiger partial charge in [-0.2, -0.15) is 5.10 Å². The number of nitrogens with one attached hydrogen (secondary N) is 1. The van der Waals surface area contributed by atoms with Crippen molar-refractivity contribution in [1.29, 1.82) is 0 Å². The molecule has 1 amide bonds. The number of phenolic OH excluding ortho intramolecular Hbond substituents is 1. The molecule has 2 fully saturated rings. The molecule has 0 heterocycles. The minimum Gasteiger partial charge on any atom is -0.508 e. The van der Waals surface area contributed by atoms with E-state index in [0.717, 1.165) is 30.4 Å². The van der Waals surface area contributed by atoms with Crippen molar-refractivity contribution in [3.8, 4) is 5.75 Å². The first-order valence-electron chi connectivity index (χ1n) is 7.87. The highest BCUT2D eigenvalue weighted by atomic mass is 16.3. The molecule has 3 rings (SSSR count). The molecule has 112 valence electrons. The molecule has 21 heavy (non-hydrogen) atoms. The summed E-state index contributed by atoms with van der Waals surface area (Å²) in [6.45, 7) is 0. The van der Waals surface area contributed by atoms with E-state index < -0.39 is 0 Å². The van der Waals surface area contributed by atoms with Crippen LogP contribution in [0.15, 0.2) is 29.4 Å². The Bertz CT molecular complexity index is 553. The number of hydrazone groups is 1. The van der Waals surface area contributed by atoms with E-state index in [9.17, 15) is 9.90 Å². The van der Waals surface area contributed by atoms with Crippen molar-refractivity contribution < 1.29 is 9.90 Å². The summed E-state index contributed by atoms with van der Waals surface area (Å²) in [5.41, 5.74) is 4.18. The molecule has 0 saturated heterocycles. The molecule has 0 bridgehead atoms. The molecular weight excluding hydrogens is 264 g/mol. The van der Waals surface area contributed by atoms with Crippen LogP contribution in [0.3, 0.4) is 0 Å². The molecule has 2 N–H and O–H groups in total. The number of nitrogens with zero attached hydrogens (tertiary/aromatic N) is 1. The highest BCUT2D eigenvalue weighted by Crippen LogP contribution is 2.39. The van der Waals surface area contributed by atoms with Crippen LogP contribution in [0.4, 0.5) is 0 Å². The lowest BCUT2D eigenvalue weighted by Gasteiger charge is -2.35. The average molecular weight is 286 g/mol. The molecule has 4 nitrogen and oxygen atoms in total. The minimum atomic E-state index is -0.260. The molecule has 1 aromatic rings. The first-order chi connectivity index (χ1) is 10.2. The van der Waals surface area contributed by atoms with E-state index >= 15 is 0 Å². The summed E-state index contributed by atoms with van der Waals surface area (Å²) >= 11 is 0. The fraction of sp³-hybridized carbons (Fsp3) is 0.529. The third-order valence-electron chi connectivity index (χ3n) is 4.79. The Kier molecular flexibility index (Phi) is 4.23. The van der Waals surface area contributed by atoms with Crippen molar-refractivity contribution >= 4 is 11.6 Å². The van der Waals surface area contributed by atoms with Crippen LogP contribution in [-0.4, -0.2) is 16.7 Å². The third-order valence-corrected chi connectivity index (χ3v) is 4.79. The molecule has 1 aromatic carbocycles. The van der Waals surface area contributed by atoms with Crippen LogP contribution in [0.1, 0.15) is 55.3 Å². The molecule has 0 aliphatic heterocycles. The topological polar surface area (TPSA) is 61.7 Å². The van der Waals surface area contributed by atoms with Gasteiger partial charge in [-0.15, -0.1) is 0 Å². The van der Waals surface area contributed by atoms with Gasteiger partial charge in [0, 0.05) is 11.3 Å². The first kappa shape index (κ1) is 14.1. The third kappa shape index (κ3) is 3.43. The van der Waals surface area contributed by atoms with Gasteiger partial charge < -0.3 is 5.11 Å². The van der Waals surface area contributed by atoms with Crippen LogP contribution in [0, 0.1) is 11.8 Å². The number of amides is 1. The lowest BCUT2D eigenvalue weighted by atomic mass is 9.70. The van der Waals surface area contributed by atoms with E-state index in [1.807, 2.05) is 0 Å². The molecule has 0 radical (unpaired) electrons. The fourth-order valence-electron chi connectivity index (χ4n) is 3.63. The van der Waals surface area contributed by atoms with Gasteiger partial charge >= 0.3 is 0 Å². The number of fused-ring (bicyclic) bond motifs is 1. The van der Waals surface area contributed by atoms with Crippen molar-refractivity contribution in [2.24, 2.45) is 16.9 Å². The number of benzene rings is 1. The van der Waals surface area contributed by atoms with Gasteiger partial charge in [-0.3, -0.25) is 4.79 Å². The van der Waals surface area contributed by atoms with Crippen molar-refractivity contribution in [3.63, 3.8) is 0 Å². The maximum absolute atomic E-state index is 12.0. The van der Waals surface area contributed by atoms with Crippen LogP contribution in [0.25, 0.3) is 0 Å². The largest absolute Gasteiger partial charge is 0.508 e. The first-order valence-corrected chi connectivity index (χ1v) is 7.87. The average Bonchev–Trinajstić information content (AvgIpc) is 2.52. The zero-order valence-electron chi connectivity index (χ0n) is 12.2. The maximum Gasteiger partial charge on any atom is 0.271 e. The summed E-state index contributed by atoms with van der Waals surface area (Å²) in [6.07, 6.45) is 8.64. The normalized spacial score (nSPS) is 27.1. The SMILES string of the molecule is O=C(N/N=C1/CC[C@H]2CCCC[C@@H]2C1)c1cccc(O)c1. The molecule has 2 saturated carbocycles. The predicted octanol–water partition coefficient (Wildman–Crippen LogP) is 3.47. The number of aromatic hydroxyl groups is 1. The number of rotatable bonds is 2. The van der Waals surface area contributed by atoms with Crippen molar-refractivity contribution in [1.82, 2.24) is 5.43 Å². The Labute approximate surface area is 125 Å². The van der Waals surface area contributed by atoms with Gasteiger partial charge in [-0.1, -0.05) is 25.3 Å².